The van der Waals surface area contributed by atoms with Gasteiger partial charge in [-0.05, 0) is 61.4 Å². The third kappa shape index (κ3) is 6.61. The van der Waals surface area contributed by atoms with Crippen LogP contribution in [0.3, 0.4) is 0 Å². The third-order valence-corrected chi connectivity index (χ3v) is 4.92. The summed E-state index contributed by atoms with van der Waals surface area (Å²) in [7, 11) is 0. The highest BCUT2D eigenvalue weighted by atomic mass is 35.5. The summed E-state index contributed by atoms with van der Waals surface area (Å²) in [6.45, 7) is 1.72. The van der Waals surface area contributed by atoms with Gasteiger partial charge in [-0.2, -0.15) is 0 Å². The molecule has 27 heavy (non-hydrogen) atoms. The van der Waals surface area contributed by atoms with E-state index in [1.54, 1.807) is 24.3 Å². The van der Waals surface area contributed by atoms with E-state index in [2.05, 4.69) is 16.0 Å². The van der Waals surface area contributed by atoms with Gasteiger partial charge in [-0.25, -0.2) is 0 Å². The second kappa shape index (κ2) is 9.83. The molecule has 0 bridgehead atoms. The minimum Gasteiger partial charge on any atom is -0.484 e. The fourth-order valence-electron chi connectivity index (χ4n) is 2.90. The summed E-state index contributed by atoms with van der Waals surface area (Å²) in [5, 5.41) is 11.2. The molecule has 5 nitrogen and oxygen atoms in total. The number of amides is 1. The van der Waals surface area contributed by atoms with Crippen LogP contribution >= 0.6 is 23.2 Å². The Morgan fingerprint density at radius 3 is 2.22 bits per heavy atom. The van der Waals surface area contributed by atoms with Crippen molar-refractivity contribution in [1.29, 1.82) is 0 Å². The van der Waals surface area contributed by atoms with E-state index in [-0.39, 0.29) is 18.6 Å². The van der Waals surface area contributed by atoms with E-state index in [1.807, 2.05) is 24.3 Å². The number of carbonyl (C=O) groups is 1. The Morgan fingerprint density at radius 2 is 1.56 bits per heavy atom. The Bertz CT molecular complexity index is 732. The maximum Gasteiger partial charge on any atom is 0.258 e. The van der Waals surface area contributed by atoms with Crippen LogP contribution in [-0.4, -0.2) is 37.7 Å². The fraction of sp³-hybridized carbons (Fsp3) is 0.350. The number of ether oxygens (including phenoxy) is 1. The number of benzene rings is 2. The van der Waals surface area contributed by atoms with Crippen LogP contribution in [0.5, 0.6) is 5.75 Å². The second-order valence-corrected chi connectivity index (χ2v) is 7.44. The first-order chi connectivity index (χ1) is 13.1. The smallest absolute Gasteiger partial charge is 0.258 e. The van der Waals surface area contributed by atoms with Crippen molar-refractivity contribution >= 4 is 34.8 Å². The van der Waals surface area contributed by atoms with E-state index in [9.17, 15) is 4.79 Å². The zero-order valence-electron chi connectivity index (χ0n) is 14.9. The Hall–Kier alpha value is -1.95. The van der Waals surface area contributed by atoms with E-state index in [0.717, 1.165) is 36.6 Å². The van der Waals surface area contributed by atoms with Gasteiger partial charge in [0.05, 0.1) is 0 Å². The molecule has 1 fully saturated rings. The third-order valence-electron chi connectivity index (χ3n) is 4.42. The molecule has 1 aliphatic carbocycles. The van der Waals surface area contributed by atoms with Crippen LogP contribution < -0.4 is 20.7 Å². The van der Waals surface area contributed by atoms with E-state index < -0.39 is 0 Å². The Balaban J connectivity index is 1.23. The number of hydrogen-bond donors (Lipinski definition) is 3. The second-order valence-electron chi connectivity index (χ2n) is 6.56. The van der Waals surface area contributed by atoms with E-state index >= 15 is 0 Å². The molecule has 0 heterocycles. The van der Waals surface area contributed by atoms with Crippen molar-refractivity contribution in [1.82, 2.24) is 10.6 Å². The molecule has 1 aliphatic rings. The summed E-state index contributed by atoms with van der Waals surface area (Å²) < 4.78 is 5.45. The van der Waals surface area contributed by atoms with Gasteiger partial charge in [-0.3, -0.25) is 4.79 Å². The monoisotopic (exact) mass is 407 g/mol. The Labute approximate surface area is 169 Å². The minimum atomic E-state index is -0.0993. The van der Waals surface area contributed by atoms with Gasteiger partial charge in [0.2, 0.25) is 0 Å². The number of anilines is 1. The first kappa shape index (κ1) is 19.8. The van der Waals surface area contributed by atoms with Crippen molar-refractivity contribution in [2.24, 2.45) is 0 Å². The molecule has 0 aromatic heterocycles. The summed E-state index contributed by atoms with van der Waals surface area (Å²) in [4.78, 5) is 11.9. The molecule has 3 rings (SSSR count). The number of nitrogens with one attached hydrogen (secondary N) is 3. The number of carbonyl (C=O) groups excluding carboxylic acids is 1. The van der Waals surface area contributed by atoms with Crippen molar-refractivity contribution in [3.8, 4) is 5.75 Å². The summed E-state index contributed by atoms with van der Waals surface area (Å²) >= 11 is 11.7. The van der Waals surface area contributed by atoms with E-state index in [0.29, 0.717) is 16.8 Å². The van der Waals surface area contributed by atoms with Gasteiger partial charge in [0.15, 0.2) is 6.61 Å². The molecule has 1 amide bonds. The fourth-order valence-corrected chi connectivity index (χ4v) is 3.15. The minimum absolute atomic E-state index is 0.0151. The van der Waals surface area contributed by atoms with Gasteiger partial charge >= 0.3 is 0 Å². The predicted octanol–water partition coefficient (Wildman–Crippen LogP) is 3.72. The summed E-state index contributed by atoms with van der Waals surface area (Å²) in [6, 6.07) is 15.3. The van der Waals surface area contributed by atoms with Crippen LogP contribution in [-0.2, 0) is 4.79 Å². The summed E-state index contributed by atoms with van der Waals surface area (Å²) in [6.07, 6.45) is 1.88. The molecule has 3 N–H and O–H groups in total. The lowest BCUT2D eigenvalue weighted by molar-refractivity contribution is -0.124. The standard InChI is InChI=1S/C20H23Cl2N3O2/c21-14-1-5-16(6-2-14)23-9-10-24-17-11-18(12-17)25-20(26)13-27-19-7-3-15(22)4-8-19/h1-8,17-18,23-24H,9-13H2,(H,25,26). The molecule has 0 atom stereocenters. The Kier molecular flexibility index (Phi) is 7.21. The normalized spacial score (nSPS) is 18.4. The lowest BCUT2D eigenvalue weighted by atomic mass is 9.86. The molecular formula is C20H23Cl2N3O2. The first-order valence-electron chi connectivity index (χ1n) is 8.99. The first-order valence-corrected chi connectivity index (χ1v) is 9.74. The average molecular weight is 408 g/mol. The van der Waals surface area contributed by atoms with Gasteiger partial charge in [-0.1, -0.05) is 23.2 Å². The van der Waals surface area contributed by atoms with Crippen molar-refractivity contribution in [2.75, 3.05) is 25.0 Å². The summed E-state index contributed by atoms with van der Waals surface area (Å²) in [5.74, 6) is 0.536. The molecule has 0 spiro atoms. The van der Waals surface area contributed by atoms with Crippen LogP contribution in [0.1, 0.15) is 12.8 Å². The summed E-state index contributed by atoms with van der Waals surface area (Å²) in [5.41, 5.74) is 1.06. The molecule has 0 saturated heterocycles. The number of hydrogen-bond acceptors (Lipinski definition) is 4. The lowest BCUT2D eigenvalue weighted by Gasteiger charge is -2.36. The molecule has 2 aromatic rings. The van der Waals surface area contributed by atoms with Crippen LogP contribution in [0.4, 0.5) is 5.69 Å². The molecule has 144 valence electrons. The predicted molar refractivity (Wildman–Crippen MR) is 110 cm³/mol. The quantitative estimate of drug-likeness (QED) is 0.554. The highest BCUT2D eigenvalue weighted by Crippen LogP contribution is 2.20. The largest absolute Gasteiger partial charge is 0.484 e. The molecule has 1 saturated carbocycles. The van der Waals surface area contributed by atoms with Crippen molar-refractivity contribution in [3.63, 3.8) is 0 Å². The maximum absolute atomic E-state index is 11.9. The molecule has 0 aliphatic heterocycles. The zero-order chi connectivity index (χ0) is 19.1. The highest BCUT2D eigenvalue weighted by Gasteiger charge is 2.29. The van der Waals surface area contributed by atoms with Gasteiger partial charge < -0.3 is 20.7 Å². The average Bonchev–Trinajstić information content (AvgIpc) is 2.63. The van der Waals surface area contributed by atoms with E-state index in [1.165, 1.54) is 0 Å². The molecule has 2 aromatic carbocycles. The van der Waals surface area contributed by atoms with Gasteiger partial charge in [-0.15, -0.1) is 0 Å². The zero-order valence-corrected chi connectivity index (χ0v) is 16.4. The SMILES string of the molecule is O=C(COc1ccc(Cl)cc1)NC1CC(NCCNc2ccc(Cl)cc2)C1. The van der Waals surface area contributed by atoms with Crippen LogP contribution in [0.15, 0.2) is 48.5 Å². The molecule has 7 heteroatoms. The number of rotatable bonds is 9. The van der Waals surface area contributed by atoms with Crippen molar-refractivity contribution in [3.05, 3.63) is 58.6 Å². The molecule has 0 unspecified atom stereocenters. The lowest BCUT2D eigenvalue weighted by Crippen LogP contribution is -2.53. The van der Waals surface area contributed by atoms with Gasteiger partial charge in [0.25, 0.3) is 5.91 Å². The number of halogens is 2. The molecule has 0 radical (unpaired) electrons. The van der Waals surface area contributed by atoms with Gasteiger partial charge in [0, 0.05) is 40.9 Å². The van der Waals surface area contributed by atoms with Crippen LogP contribution in [0.25, 0.3) is 0 Å². The maximum atomic E-state index is 11.9. The highest BCUT2D eigenvalue weighted by molar-refractivity contribution is 6.30. The van der Waals surface area contributed by atoms with Crippen LogP contribution in [0, 0.1) is 0 Å². The molecular weight excluding hydrogens is 385 g/mol. The van der Waals surface area contributed by atoms with Crippen molar-refractivity contribution < 1.29 is 9.53 Å². The van der Waals surface area contributed by atoms with Crippen LogP contribution in [0.2, 0.25) is 10.0 Å². The van der Waals surface area contributed by atoms with E-state index in [4.69, 9.17) is 27.9 Å². The topological polar surface area (TPSA) is 62.4 Å². The van der Waals surface area contributed by atoms with Gasteiger partial charge in [0.1, 0.15) is 5.75 Å². The van der Waals surface area contributed by atoms with Crippen molar-refractivity contribution in [2.45, 2.75) is 24.9 Å². The Morgan fingerprint density at radius 1 is 0.926 bits per heavy atom.